The third-order valence-electron chi connectivity index (χ3n) is 4.41. The van der Waals surface area contributed by atoms with Gasteiger partial charge in [0.15, 0.2) is 0 Å². The predicted molar refractivity (Wildman–Crippen MR) is 121 cm³/mol. The first-order valence-corrected chi connectivity index (χ1v) is 10.7. The van der Waals surface area contributed by atoms with Gasteiger partial charge in [-0.2, -0.15) is 0 Å². The molecule has 6 heteroatoms. The molecule has 1 aromatic heterocycles. The molecule has 30 heavy (non-hydrogen) atoms. The third kappa shape index (κ3) is 5.26. The van der Waals surface area contributed by atoms with Gasteiger partial charge in [-0.25, -0.2) is 4.98 Å². The van der Waals surface area contributed by atoms with Gasteiger partial charge in [0.25, 0.3) is 5.91 Å². The molecule has 3 aromatic carbocycles. The Kier molecular flexibility index (Phi) is 6.42. The number of rotatable bonds is 7. The summed E-state index contributed by atoms with van der Waals surface area (Å²) in [4.78, 5) is 16.9. The summed E-state index contributed by atoms with van der Waals surface area (Å²) in [6.07, 6.45) is 0. The first-order valence-electron chi connectivity index (χ1n) is 9.43. The zero-order valence-corrected chi connectivity index (χ0v) is 17.6. The monoisotopic (exact) mass is 434 g/mol. The van der Waals surface area contributed by atoms with E-state index in [1.54, 1.807) is 5.38 Å². The molecular weight excluding hydrogens is 416 g/mol. The van der Waals surface area contributed by atoms with E-state index in [1.807, 2.05) is 78.9 Å². The zero-order chi connectivity index (χ0) is 20.8. The number of amides is 1. The number of thiazole rings is 1. The number of carbonyl (C=O) groups is 1. The summed E-state index contributed by atoms with van der Waals surface area (Å²) in [5.41, 5.74) is 3.37. The zero-order valence-electron chi connectivity index (χ0n) is 16.0. The molecule has 0 aliphatic carbocycles. The van der Waals surface area contributed by atoms with Crippen LogP contribution in [0.5, 0.6) is 5.75 Å². The predicted octanol–water partition coefficient (Wildman–Crippen LogP) is 5.97. The van der Waals surface area contributed by atoms with Crippen LogP contribution in [0.25, 0.3) is 10.6 Å². The van der Waals surface area contributed by atoms with Crippen molar-refractivity contribution in [3.63, 3.8) is 0 Å². The highest BCUT2D eigenvalue weighted by Gasteiger charge is 2.12. The van der Waals surface area contributed by atoms with Gasteiger partial charge in [-0.05, 0) is 35.4 Å². The summed E-state index contributed by atoms with van der Waals surface area (Å²) in [5.74, 6) is 0.549. The van der Waals surface area contributed by atoms with Crippen LogP contribution in [-0.2, 0) is 13.2 Å². The van der Waals surface area contributed by atoms with Crippen LogP contribution < -0.4 is 10.1 Å². The van der Waals surface area contributed by atoms with Gasteiger partial charge in [-0.15, -0.1) is 11.3 Å². The number of benzene rings is 3. The normalized spacial score (nSPS) is 10.6. The average Bonchev–Trinajstić information content (AvgIpc) is 3.28. The van der Waals surface area contributed by atoms with Gasteiger partial charge in [0.05, 0.1) is 0 Å². The van der Waals surface area contributed by atoms with Crippen molar-refractivity contribution in [2.24, 2.45) is 0 Å². The van der Waals surface area contributed by atoms with Crippen LogP contribution in [0.15, 0.2) is 84.2 Å². The van der Waals surface area contributed by atoms with E-state index in [0.29, 0.717) is 23.9 Å². The quantitative estimate of drug-likeness (QED) is 0.389. The van der Waals surface area contributed by atoms with Crippen LogP contribution in [0.4, 0.5) is 0 Å². The van der Waals surface area contributed by atoms with Crippen molar-refractivity contribution >= 4 is 28.8 Å². The van der Waals surface area contributed by atoms with E-state index in [2.05, 4.69) is 10.3 Å². The molecule has 1 amide bonds. The fourth-order valence-corrected chi connectivity index (χ4v) is 3.90. The summed E-state index contributed by atoms with van der Waals surface area (Å²) >= 11 is 7.45. The van der Waals surface area contributed by atoms with E-state index >= 15 is 0 Å². The lowest BCUT2D eigenvalue weighted by atomic mass is 10.2. The smallest absolute Gasteiger partial charge is 0.271 e. The second kappa shape index (κ2) is 9.57. The van der Waals surface area contributed by atoms with Crippen LogP contribution in [0, 0.1) is 0 Å². The Morgan fingerprint density at radius 3 is 2.60 bits per heavy atom. The molecule has 0 aliphatic heterocycles. The van der Waals surface area contributed by atoms with Crippen molar-refractivity contribution in [2.45, 2.75) is 13.2 Å². The van der Waals surface area contributed by atoms with Crippen molar-refractivity contribution in [3.05, 3.63) is 106 Å². The molecule has 0 atom stereocenters. The topological polar surface area (TPSA) is 51.2 Å². The fourth-order valence-electron chi connectivity index (χ4n) is 2.89. The van der Waals surface area contributed by atoms with Gasteiger partial charge in [-0.3, -0.25) is 4.79 Å². The Bertz CT molecular complexity index is 1140. The molecule has 0 spiro atoms. The van der Waals surface area contributed by atoms with E-state index in [4.69, 9.17) is 16.3 Å². The number of carbonyl (C=O) groups excluding carboxylic acids is 1. The summed E-state index contributed by atoms with van der Waals surface area (Å²) in [7, 11) is 0. The van der Waals surface area contributed by atoms with Crippen LogP contribution in [0.2, 0.25) is 5.02 Å². The van der Waals surface area contributed by atoms with Crippen molar-refractivity contribution in [1.82, 2.24) is 10.3 Å². The van der Waals surface area contributed by atoms with Crippen molar-refractivity contribution in [1.29, 1.82) is 0 Å². The molecule has 0 aliphatic rings. The molecule has 4 rings (SSSR count). The van der Waals surface area contributed by atoms with E-state index in [-0.39, 0.29) is 5.91 Å². The molecule has 0 unspecified atom stereocenters. The Labute approximate surface area is 184 Å². The summed E-state index contributed by atoms with van der Waals surface area (Å²) in [6, 6.07) is 25.1. The van der Waals surface area contributed by atoms with E-state index in [1.165, 1.54) is 11.3 Å². The average molecular weight is 435 g/mol. The number of hydrogen-bond donors (Lipinski definition) is 1. The van der Waals surface area contributed by atoms with Crippen LogP contribution >= 0.6 is 22.9 Å². The Hall–Kier alpha value is -3.15. The maximum atomic E-state index is 12.4. The van der Waals surface area contributed by atoms with Gasteiger partial charge in [0.2, 0.25) is 0 Å². The highest BCUT2D eigenvalue weighted by atomic mass is 35.5. The van der Waals surface area contributed by atoms with Gasteiger partial charge in [0.1, 0.15) is 23.1 Å². The number of halogens is 1. The largest absolute Gasteiger partial charge is 0.489 e. The molecule has 150 valence electrons. The minimum Gasteiger partial charge on any atom is -0.489 e. The van der Waals surface area contributed by atoms with Crippen LogP contribution in [0.1, 0.15) is 21.6 Å². The van der Waals surface area contributed by atoms with Crippen LogP contribution in [0.3, 0.4) is 0 Å². The van der Waals surface area contributed by atoms with E-state index in [0.717, 1.165) is 27.4 Å². The number of aromatic nitrogens is 1. The lowest BCUT2D eigenvalue weighted by molar-refractivity contribution is 0.0946. The number of nitrogens with zero attached hydrogens (tertiary/aromatic N) is 1. The Morgan fingerprint density at radius 1 is 0.967 bits per heavy atom. The molecule has 4 nitrogen and oxygen atoms in total. The van der Waals surface area contributed by atoms with E-state index in [9.17, 15) is 4.79 Å². The Balaban J connectivity index is 1.40. The molecule has 0 saturated carbocycles. The molecule has 1 N–H and O–H groups in total. The standard InChI is InChI=1S/C24H19ClN2O2S/c25-20-10-4-8-18(12-20)15-29-21-11-5-9-19(13-21)24-27-22(16-30-24)23(28)26-14-17-6-2-1-3-7-17/h1-13,16H,14-15H2,(H,26,28). The van der Waals surface area contributed by atoms with Gasteiger partial charge in [0, 0.05) is 22.5 Å². The van der Waals surface area contributed by atoms with Gasteiger partial charge >= 0.3 is 0 Å². The highest BCUT2D eigenvalue weighted by Crippen LogP contribution is 2.27. The lowest BCUT2D eigenvalue weighted by Gasteiger charge is -2.07. The van der Waals surface area contributed by atoms with Gasteiger partial charge < -0.3 is 10.1 Å². The fraction of sp³-hybridized carbons (Fsp3) is 0.0833. The maximum absolute atomic E-state index is 12.4. The Morgan fingerprint density at radius 2 is 1.77 bits per heavy atom. The minimum absolute atomic E-state index is 0.185. The molecule has 1 heterocycles. The second-order valence-electron chi connectivity index (χ2n) is 6.65. The molecule has 0 radical (unpaired) electrons. The number of ether oxygens (including phenoxy) is 1. The third-order valence-corrected chi connectivity index (χ3v) is 5.53. The maximum Gasteiger partial charge on any atom is 0.271 e. The molecule has 0 saturated heterocycles. The molecule has 0 fully saturated rings. The molecular formula is C24H19ClN2O2S. The van der Waals surface area contributed by atoms with Crippen molar-refractivity contribution in [2.75, 3.05) is 0 Å². The second-order valence-corrected chi connectivity index (χ2v) is 7.95. The first kappa shape index (κ1) is 20.1. The summed E-state index contributed by atoms with van der Waals surface area (Å²) in [5, 5.41) is 6.13. The van der Waals surface area contributed by atoms with Crippen molar-refractivity contribution < 1.29 is 9.53 Å². The van der Waals surface area contributed by atoms with Crippen LogP contribution in [-0.4, -0.2) is 10.9 Å². The highest BCUT2D eigenvalue weighted by molar-refractivity contribution is 7.13. The van der Waals surface area contributed by atoms with Crippen molar-refractivity contribution in [3.8, 4) is 16.3 Å². The lowest BCUT2D eigenvalue weighted by Crippen LogP contribution is -2.23. The minimum atomic E-state index is -0.185. The first-order chi connectivity index (χ1) is 14.7. The van der Waals surface area contributed by atoms with Gasteiger partial charge in [-0.1, -0.05) is 66.2 Å². The number of hydrogen-bond acceptors (Lipinski definition) is 4. The summed E-state index contributed by atoms with van der Waals surface area (Å²) < 4.78 is 5.89. The molecule has 4 aromatic rings. The summed E-state index contributed by atoms with van der Waals surface area (Å²) in [6.45, 7) is 0.897. The van der Waals surface area contributed by atoms with E-state index < -0.39 is 0 Å². The number of nitrogens with one attached hydrogen (secondary N) is 1. The SMILES string of the molecule is O=C(NCc1ccccc1)c1csc(-c2cccc(OCc3cccc(Cl)c3)c2)n1. The molecule has 0 bridgehead atoms.